The first-order valence-corrected chi connectivity index (χ1v) is 7.09. The summed E-state index contributed by atoms with van der Waals surface area (Å²) in [4.78, 5) is 15.0. The van der Waals surface area contributed by atoms with E-state index in [-0.39, 0.29) is 11.6 Å². The Morgan fingerprint density at radius 3 is 3.05 bits per heavy atom. The predicted molar refractivity (Wildman–Crippen MR) is 74.5 cm³/mol. The second kappa shape index (κ2) is 6.71. The number of imidazole rings is 1. The van der Waals surface area contributed by atoms with Crippen molar-refractivity contribution in [3.05, 3.63) is 24.0 Å². The number of nitrogens with zero attached hydrogens (tertiary/aromatic N) is 2. The summed E-state index contributed by atoms with van der Waals surface area (Å²) in [6, 6.07) is 4.36. The van der Waals surface area contributed by atoms with Gasteiger partial charge in [0.25, 0.3) is 0 Å². The second-order valence-corrected chi connectivity index (χ2v) is 5.15. The molecule has 2 aromatic rings. The van der Waals surface area contributed by atoms with Gasteiger partial charge in [0.05, 0.1) is 16.8 Å². The van der Waals surface area contributed by atoms with Crippen LogP contribution in [0, 0.1) is 5.82 Å². The third-order valence-corrected chi connectivity index (χ3v) is 3.69. The molecule has 2 rings (SSSR count). The summed E-state index contributed by atoms with van der Waals surface area (Å²) in [5, 5.41) is 9.35. The molecule has 0 aliphatic heterocycles. The Balaban J connectivity index is 2.32. The monoisotopic (exact) mass is 298 g/mol. The summed E-state index contributed by atoms with van der Waals surface area (Å²) in [6.07, 6.45) is 0.749. The van der Waals surface area contributed by atoms with E-state index < -0.39 is 5.97 Å². The van der Waals surface area contributed by atoms with Gasteiger partial charge in [-0.2, -0.15) is 0 Å². The van der Waals surface area contributed by atoms with Crippen molar-refractivity contribution in [2.45, 2.75) is 18.1 Å². The Labute approximate surface area is 119 Å². The molecule has 0 radical (unpaired) electrons. The summed E-state index contributed by atoms with van der Waals surface area (Å²) in [5.41, 5.74) is 1.34. The van der Waals surface area contributed by atoms with Gasteiger partial charge in [0.2, 0.25) is 0 Å². The molecule has 0 aliphatic rings. The molecule has 1 heterocycles. The van der Waals surface area contributed by atoms with E-state index in [1.165, 1.54) is 12.1 Å². The molecule has 1 aromatic carbocycles. The number of fused-ring (bicyclic) bond motifs is 1. The lowest BCUT2D eigenvalue weighted by Crippen LogP contribution is -2.05. The minimum absolute atomic E-state index is 0.0733. The van der Waals surface area contributed by atoms with Crippen LogP contribution >= 0.6 is 11.8 Å². The molecule has 5 nitrogen and oxygen atoms in total. The maximum atomic E-state index is 13.4. The first kappa shape index (κ1) is 14.8. The number of aromatic nitrogens is 2. The number of hydrogen-bond acceptors (Lipinski definition) is 4. The number of aryl methyl sites for hydroxylation is 1. The number of rotatable bonds is 7. The summed E-state index contributed by atoms with van der Waals surface area (Å²) in [7, 11) is 1.62. The third kappa shape index (κ3) is 3.49. The van der Waals surface area contributed by atoms with E-state index in [1.54, 1.807) is 13.2 Å². The number of benzene rings is 1. The van der Waals surface area contributed by atoms with Gasteiger partial charge < -0.3 is 14.4 Å². The number of methoxy groups -OCH3 is 1. The molecule has 0 unspecified atom stereocenters. The van der Waals surface area contributed by atoms with Gasteiger partial charge in [-0.15, -0.1) is 0 Å². The molecule has 108 valence electrons. The quantitative estimate of drug-likeness (QED) is 0.628. The van der Waals surface area contributed by atoms with Crippen molar-refractivity contribution in [3.63, 3.8) is 0 Å². The van der Waals surface area contributed by atoms with E-state index in [0.717, 1.165) is 18.2 Å². The Kier molecular flexibility index (Phi) is 4.97. The van der Waals surface area contributed by atoms with Crippen LogP contribution in [0.15, 0.2) is 23.4 Å². The van der Waals surface area contributed by atoms with Crippen LogP contribution < -0.4 is 0 Å². The normalized spacial score (nSPS) is 11.1. The Bertz CT molecular complexity index is 615. The lowest BCUT2D eigenvalue weighted by molar-refractivity contribution is -0.133. The first-order valence-electron chi connectivity index (χ1n) is 6.11. The molecule has 7 heteroatoms. The molecule has 1 aromatic heterocycles. The van der Waals surface area contributed by atoms with Crippen LogP contribution in [0.3, 0.4) is 0 Å². The van der Waals surface area contributed by atoms with Crippen molar-refractivity contribution < 1.29 is 19.0 Å². The minimum atomic E-state index is -0.906. The van der Waals surface area contributed by atoms with Crippen molar-refractivity contribution >= 4 is 28.8 Å². The molecule has 0 atom stereocenters. The second-order valence-electron chi connectivity index (χ2n) is 4.21. The van der Waals surface area contributed by atoms with Crippen molar-refractivity contribution in [2.24, 2.45) is 0 Å². The molecule has 20 heavy (non-hydrogen) atoms. The van der Waals surface area contributed by atoms with E-state index in [4.69, 9.17) is 9.84 Å². The molecular weight excluding hydrogens is 283 g/mol. The topological polar surface area (TPSA) is 64.3 Å². The number of carboxylic acids is 1. The summed E-state index contributed by atoms with van der Waals surface area (Å²) >= 11 is 1.13. The number of ether oxygens (including phenoxy) is 1. The fraction of sp³-hybridized carbons (Fsp3) is 0.385. The smallest absolute Gasteiger partial charge is 0.313 e. The van der Waals surface area contributed by atoms with Crippen molar-refractivity contribution in [1.29, 1.82) is 0 Å². The van der Waals surface area contributed by atoms with Crippen molar-refractivity contribution in [2.75, 3.05) is 19.5 Å². The molecule has 0 amide bonds. The fourth-order valence-corrected chi connectivity index (χ4v) is 2.65. The number of aliphatic carboxylic acids is 1. The predicted octanol–water partition coefficient (Wildman–Crippen LogP) is 2.39. The highest BCUT2D eigenvalue weighted by atomic mass is 32.2. The SMILES string of the molecule is COCCCn1c(SCC(=O)O)nc2ccc(F)cc21. The average Bonchev–Trinajstić information content (AvgIpc) is 2.74. The zero-order valence-electron chi connectivity index (χ0n) is 11.0. The first-order chi connectivity index (χ1) is 9.61. The van der Waals surface area contributed by atoms with Gasteiger partial charge in [0, 0.05) is 20.3 Å². The summed E-state index contributed by atoms with van der Waals surface area (Å²) in [6.45, 7) is 1.19. The van der Waals surface area contributed by atoms with E-state index >= 15 is 0 Å². The molecule has 0 fully saturated rings. The van der Waals surface area contributed by atoms with Gasteiger partial charge in [-0.05, 0) is 24.6 Å². The molecule has 0 aliphatic carbocycles. The van der Waals surface area contributed by atoms with Crippen LogP contribution in [-0.4, -0.2) is 40.1 Å². The lowest BCUT2D eigenvalue weighted by Gasteiger charge is -2.07. The molecular formula is C13H15FN2O3S. The van der Waals surface area contributed by atoms with E-state index in [0.29, 0.717) is 29.3 Å². The van der Waals surface area contributed by atoms with Gasteiger partial charge in [-0.1, -0.05) is 11.8 Å². The van der Waals surface area contributed by atoms with Gasteiger partial charge in [-0.3, -0.25) is 4.79 Å². The van der Waals surface area contributed by atoms with E-state index in [2.05, 4.69) is 4.98 Å². The molecule has 1 N–H and O–H groups in total. The van der Waals surface area contributed by atoms with Gasteiger partial charge >= 0.3 is 5.97 Å². The fourth-order valence-electron chi connectivity index (χ4n) is 1.89. The number of halogens is 1. The zero-order valence-corrected chi connectivity index (χ0v) is 11.8. The van der Waals surface area contributed by atoms with Gasteiger partial charge in [0.1, 0.15) is 5.82 Å². The van der Waals surface area contributed by atoms with Crippen LogP contribution in [0.5, 0.6) is 0 Å². The van der Waals surface area contributed by atoms with E-state index in [9.17, 15) is 9.18 Å². The van der Waals surface area contributed by atoms with Crippen LogP contribution in [-0.2, 0) is 16.1 Å². The number of thioether (sulfide) groups is 1. The highest BCUT2D eigenvalue weighted by Gasteiger charge is 2.13. The highest BCUT2D eigenvalue weighted by molar-refractivity contribution is 7.99. The third-order valence-electron chi connectivity index (χ3n) is 2.73. The number of hydrogen-bond donors (Lipinski definition) is 1. The molecule has 0 spiro atoms. The molecule has 0 saturated heterocycles. The largest absolute Gasteiger partial charge is 0.481 e. The van der Waals surface area contributed by atoms with E-state index in [1.807, 2.05) is 4.57 Å². The van der Waals surface area contributed by atoms with Crippen LogP contribution in [0.4, 0.5) is 4.39 Å². The minimum Gasteiger partial charge on any atom is -0.481 e. The maximum absolute atomic E-state index is 13.4. The average molecular weight is 298 g/mol. The maximum Gasteiger partial charge on any atom is 0.313 e. The zero-order chi connectivity index (χ0) is 14.5. The Hall–Kier alpha value is -1.60. The lowest BCUT2D eigenvalue weighted by atomic mass is 10.3. The van der Waals surface area contributed by atoms with Gasteiger partial charge in [-0.25, -0.2) is 9.37 Å². The van der Waals surface area contributed by atoms with Crippen LogP contribution in [0.2, 0.25) is 0 Å². The number of carboxylic acid groups (broad SMARTS) is 1. The Morgan fingerprint density at radius 2 is 2.35 bits per heavy atom. The van der Waals surface area contributed by atoms with Crippen LogP contribution in [0.1, 0.15) is 6.42 Å². The Morgan fingerprint density at radius 1 is 1.55 bits per heavy atom. The van der Waals surface area contributed by atoms with Gasteiger partial charge in [0.15, 0.2) is 5.16 Å². The van der Waals surface area contributed by atoms with Crippen molar-refractivity contribution in [3.8, 4) is 0 Å². The summed E-state index contributed by atoms with van der Waals surface area (Å²) in [5.74, 6) is -1.31. The highest BCUT2D eigenvalue weighted by Crippen LogP contribution is 2.25. The van der Waals surface area contributed by atoms with Crippen LogP contribution in [0.25, 0.3) is 11.0 Å². The molecule has 0 bridgehead atoms. The molecule has 0 saturated carbocycles. The summed E-state index contributed by atoms with van der Waals surface area (Å²) < 4.78 is 20.2. The van der Waals surface area contributed by atoms with Crippen molar-refractivity contribution in [1.82, 2.24) is 9.55 Å². The number of carbonyl (C=O) groups is 1. The standard InChI is InChI=1S/C13H15FN2O3S/c1-19-6-2-5-16-11-7-9(14)3-4-10(11)15-13(16)20-8-12(17)18/h3-4,7H,2,5-6,8H2,1H3,(H,17,18).